The maximum Gasteiger partial charge on any atom is 0.167 e. The van der Waals surface area contributed by atoms with Crippen LogP contribution in [0.15, 0.2) is 42.5 Å². The third-order valence-electron chi connectivity index (χ3n) is 4.28. The summed E-state index contributed by atoms with van der Waals surface area (Å²) in [4.78, 5) is 0. The summed E-state index contributed by atoms with van der Waals surface area (Å²) in [5.41, 5.74) is 3.52. The molecule has 0 amide bonds. The zero-order valence-corrected chi connectivity index (χ0v) is 12.4. The van der Waals surface area contributed by atoms with E-state index in [1.165, 1.54) is 24.3 Å². The van der Waals surface area contributed by atoms with Crippen molar-refractivity contribution >= 4 is 5.69 Å². The molecular formula is C18H20FNO. The predicted molar refractivity (Wildman–Crippen MR) is 83.4 cm³/mol. The first-order valence-electron chi connectivity index (χ1n) is 7.38. The van der Waals surface area contributed by atoms with E-state index in [1.807, 2.05) is 6.07 Å². The Kier molecular flexibility index (Phi) is 3.82. The maximum atomic E-state index is 13.8. The average Bonchev–Trinajstić information content (AvgIpc) is 2.51. The van der Waals surface area contributed by atoms with Crippen LogP contribution in [0.2, 0.25) is 0 Å². The number of hydrogen-bond donors (Lipinski definition) is 1. The van der Waals surface area contributed by atoms with Crippen molar-refractivity contribution in [3.05, 3.63) is 59.4 Å². The molecule has 0 bridgehead atoms. The minimum absolute atomic E-state index is 0.241. The van der Waals surface area contributed by atoms with Crippen molar-refractivity contribution in [2.75, 3.05) is 12.4 Å². The molecule has 1 N–H and O–H groups in total. The van der Waals surface area contributed by atoms with Crippen LogP contribution in [0.1, 0.15) is 42.9 Å². The molecule has 2 atom stereocenters. The van der Waals surface area contributed by atoms with Crippen LogP contribution in [0.3, 0.4) is 0 Å². The minimum Gasteiger partial charge on any atom is -0.494 e. The third kappa shape index (κ3) is 2.73. The average molecular weight is 285 g/mol. The fourth-order valence-corrected chi connectivity index (χ4v) is 3.11. The first-order valence-corrected chi connectivity index (χ1v) is 7.38. The molecular weight excluding hydrogens is 265 g/mol. The third-order valence-corrected chi connectivity index (χ3v) is 4.28. The standard InChI is InChI=1S/C18H20FNO/c1-12-7-9-17(15-6-4-3-5-14(12)15)20-13-8-10-18(21-2)16(19)11-13/h3-6,8,10-12,17,20H,7,9H2,1-2H3. The maximum absolute atomic E-state index is 13.8. The van der Waals surface area contributed by atoms with Gasteiger partial charge in [-0.3, -0.25) is 0 Å². The molecule has 3 heteroatoms. The Morgan fingerprint density at radius 1 is 1.10 bits per heavy atom. The number of methoxy groups -OCH3 is 1. The van der Waals surface area contributed by atoms with Gasteiger partial charge >= 0.3 is 0 Å². The van der Waals surface area contributed by atoms with Gasteiger partial charge in [-0.1, -0.05) is 31.2 Å². The van der Waals surface area contributed by atoms with Crippen LogP contribution >= 0.6 is 0 Å². The second-order valence-electron chi connectivity index (χ2n) is 5.65. The molecule has 0 fully saturated rings. The normalized spacial score (nSPS) is 20.7. The molecule has 0 radical (unpaired) electrons. The van der Waals surface area contributed by atoms with E-state index < -0.39 is 0 Å². The van der Waals surface area contributed by atoms with Gasteiger partial charge in [-0.25, -0.2) is 4.39 Å². The predicted octanol–water partition coefficient (Wildman–Crippen LogP) is 4.88. The molecule has 110 valence electrons. The molecule has 2 aromatic rings. The van der Waals surface area contributed by atoms with Crippen molar-refractivity contribution in [2.24, 2.45) is 0 Å². The molecule has 2 aromatic carbocycles. The summed E-state index contributed by atoms with van der Waals surface area (Å²) in [7, 11) is 1.48. The van der Waals surface area contributed by atoms with E-state index in [0.29, 0.717) is 5.92 Å². The lowest BCUT2D eigenvalue weighted by Crippen LogP contribution is -2.19. The lowest BCUT2D eigenvalue weighted by molar-refractivity contribution is 0.386. The quantitative estimate of drug-likeness (QED) is 0.867. The summed E-state index contributed by atoms with van der Waals surface area (Å²) in [6.45, 7) is 2.27. The topological polar surface area (TPSA) is 21.3 Å². The molecule has 0 heterocycles. The van der Waals surface area contributed by atoms with E-state index >= 15 is 0 Å². The van der Waals surface area contributed by atoms with Gasteiger partial charge in [0, 0.05) is 11.8 Å². The Balaban J connectivity index is 1.86. The van der Waals surface area contributed by atoms with E-state index in [9.17, 15) is 4.39 Å². The van der Waals surface area contributed by atoms with Crippen LogP contribution in [0.4, 0.5) is 10.1 Å². The van der Waals surface area contributed by atoms with Gasteiger partial charge in [0.1, 0.15) is 0 Å². The van der Waals surface area contributed by atoms with Gasteiger partial charge < -0.3 is 10.1 Å². The second-order valence-corrected chi connectivity index (χ2v) is 5.65. The molecule has 0 aliphatic heterocycles. The summed E-state index contributed by atoms with van der Waals surface area (Å²) in [6.07, 6.45) is 2.21. The highest BCUT2D eigenvalue weighted by Crippen LogP contribution is 2.39. The smallest absolute Gasteiger partial charge is 0.167 e. The van der Waals surface area contributed by atoms with Crippen molar-refractivity contribution in [3.63, 3.8) is 0 Å². The molecule has 0 aromatic heterocycles. The Morgan fingerprint density at radius 2 is 1.86 bits per heavy atom. The Hall–Kier alpha value is -2.03. The van der Waals surface area contributed by atoms with E-state index in [4.69, 9.17) is 4.74 Å². The number of nitrogens with one attached hydrogen (secondary N) is 1. The lowest BCUT2D eigenvalue weighted by Gasteiger charge is -2.31. The van der Waals surface area contributed by atoms with Gasteiger partial charge in [0.2, 0.25) is 0 Å². The summed E-state index contributed by atoms with van der Waals surface area (Å²) in [5.74, 6) is 0.532. The number of rotatable bonds is 3. The van der Waals surface area contributed by atoms with Crippen LogP contribution in [-0.2, 0) is 0 Å². The van der Waals surface area contributed by atoms with Crippen LogP contribution in [-0.4, -0.2) is 7.11 Å². The van der Waals surface area contributed by atoms with Crippen LogP contribution in [0.25, 0.3) is 0 Å². The fraction of sp³-hybridized carbons (Fsp3) is 0.333. The highest BCUT2D eigenvalue weighted by molar-refractivity contribution is 5.50. The fourth-order valence-electron chi connectivity index (χ4n) is 3.11. The van der Waals surface area contributed by atoms with Gasteiger partial charge in [0.25, 0.3) is 0 Å². The molecule has 0 saturated heterocycles. The summed E-state index contributed by atoms with van der Waals surface area (Å²) in [5, 5.41) is 3.45. The van der Waals surface area contributed by atoms with E-state index in [0.717, 1.165) is 18.5 Å². The largest absolute Gasteiger partial charge is 0.494 e. The second kappa shape index (κ2) is 5.76. The van der Waals surface area contributed by atoms with Crippen LogP contribution in [0.5, 0.6) is 5.75 Å². The Morgan fingerprint density at radius 3 is 2.57 bits per heavy atom. The van der Waals surface area contributed by atoms with Crippen molar-refractivity contribution in [1.29, 1.82) is 0 Å². The van der Waals surface area contributed by atoms with Crippen molar-refractivity contribution in [1.82, 2.24) is 0 Å². The van der Waals surface area contributed by atoms with Gasteiger partial charge in [-0.2, -0.15) is 0 Å². The molecule has 3 rings (SSSR count). The Bertz CT molecular complexity index is 641. The Labute approximate surface area is 125 Å². The molecule has 21 heavy (non-hydrogen) atoms. The van der Waals surface area contributed by atoms with E-state index in [2.05, 4.69) is 36.5 Å². The van der Waals surface area contributed by atoms with Crippen LogP contribution in [0, 0.1) is 5.82 Å². The molecule has 2 nitrogen and oxygen atoms in total. The highest BCUT2D eigenvalue weighted by Gasteiger charge is 2.24. The zero-order valence-electron chi connectivity index (χ0n) is 12.4. The van der Waals surface area contributed by atoms with E-state index in [-0.39, 0.29) is 17.6 Å². The van der Waals surface area contributed by atoms with Gasteiger partial charge in [-0.05, 0) is 42.0 Å². The zero-order chi connectivity index (χ0) is 14.8. The number of ether oxygens (including phenoxy) is 1. The molecule has 0 saturated carbocycles. The molecule has 1 aliphatic carbocycles. The highest BCUT2D eigenvalue weighted by atomic mass is 19.1. The summed E-state index contributed by atoms with van der Waals surface area (Å²) < 4.78 is 18.8. The number of fused-ring (bicyclic) bond motifs is 1. The van der Waals surface area contributed by atoms with E-state index in [1.54, 1.807) is 6.07 Å². The minimum atomic E-state index is -0.333. The van der Waals surface area contributed by atoms with Crippen molar-refractivity contribution in [2.45, 2.75) is 31.7 Å². The molecule has 1 aliphatic rings. The van der Waals surface area contributed by atoms with Gasteiger partial charge in [-0.15, -0.1) is 0 Å². The monoisotopic (exact) mass is 285 g/mol. The van der Waals surface area contributed by atoms with Crippen molar-refractivity contribution in [3.8, 4) is 5.75 Å². The molecule has 2 unspecified atom stereocenters. The SMILES string of the molecule is COc1ccc(NC2CCC(C)c3ccccc32)cc1F. The number of benzene rings is 2. The first-order chi connectivity index (χ1) is 10.2. The van der Waals surface area contributed by atoms with Gasteiger partial charge in [0.15, 0.2) is 11.6 Å². The number of hydrogen-bond acceptors (Lipinski definition) is 2. The van der Waals surface area contributed by atoms with Crippen molar-refractivity contribution < 1.29 is 9.13 Å². The van der Waals surface area contributed by atoms with Gasteiger partial charge in [0.05, 0.1) is 13.2 Å². The first kappa shape index (κ1) is 13.9. The summed E-state index contributed by atoms with van der Waals surface area (Å²) in [6, 6.07) is 13.8. The van der Waals surface area contributed by atoms with Crippen LogP contribution < -0.4 is 10.1 Å². The number of anilines is 1. The lowest BCUT2D eigenvalue weighted by atomic mass is 9.81. The molecule has 0 spiro atoms. The number of halogens is 1. The summed E-state index contributed by atoms with van der Waals surface area (Å²) >= 11 is 0.